The van der Waals surface area contributed by atoms with Crippen molar-refractivity contribution in [3.63, 3.8) is 0 Å². The second-order valence-electron chi connectivity index (χ2n) is 6.50. The second kappa shape index (κ2) is 5.80. The fraction of sp³-hybridized carbons (Fsp3) is 0.211. The fourth-order valence-electron chi connectivity index (χ4n) is 2.26. The zero-order chi connectivity index (χ0) is 16.4. The minimum atomic E-state index is -0.448. The van der Waals surface area contributed by atoms with Crippen molar-refractivity contribution in [1.29, 1.82) is 0 Å². The standard InChI is InChI=1S/C19H19N3O/c1-19(2,3)18(23)13-17(14-9-5-4-6-10-14)22-16-12-8-7-11-15(16)20-21-22/h4-13H,1-3H3/b17-13-. The maximum Gasteiger partial charge on any atom is 0.163 e. The van der Waals surface area contributed by atoms with Crippen LogP contribution in [0.5, 0.6) is 0 Å². The molecule has 0 aliphatic heterocycles. The highest BCUT2D eigenvalue weighted by Crippen LogP contribution is 2.24. The van der Waals surface area contributed by atoms with Gasteiger partial charge in [0.25, 0.3) is 0 Å². The minimum Gasteiger partial charge on any atom is -0.294 e. The number of rotatable bonds is 3. The number of allylic oxidation sites excluding steroid dienone is 1. The summed E-state index contributed by atoms with van der Waals surface area (Å²) in [7, 11) is 0. The van der Waals surface area contributed by atoms with Gasteiger partial charge >= 0.3 is 0 Å². The molecule has 0 fully saturated rings. The molecular weight excluding hydrogens is 286 g/mol. The van der Waals surface area contributed by atoms with Gasteiger partial charge in [-0.3, -0.25) is 4.79 Å². The molecule has 4 heteroatoms. The average Bonchev–Trinajstić information content (AvgIpc) is 2.96. The topological polar surface area (TPSA) is 47.8 Å². The van der Waals surface area contributed by atoms with Crippen LogP contribution in [0.15, 0.2) is 60.7 Å². The maximum absolute atomic E-state index is 12.5. The molecule has 0 N–H and O–H groups in total. The van der Waals surface area contributed by atoms with Gasteiger partial charge in [0, 0.05) is 17.1 Å². The predicted octanol–water partition coefficient (Wildman–Crippen LogP) is 3.94. The molecule has 0 saturated carbocycles. The molecule has 2 aromatic carbocycles. The van der Waals surface area contributed by atoms with Crippen molar-refractivity contribution in [3.8, 4) is 0 Å². The van der Waals surface area contributed by atoms with Crippen LogP contribution in [0, 0.1) is 5.41 Å². The number of ketones is 1. The number of carbonyl (C=O) groups is 1. The molecule has 0 aliphatic carbocycles. The summed E-state index contributed by atoms with van der Waals surface area (Å²) < 4.78 is 1.73. The molecule has 0 saturated heterocycles. The van der Waals surface area contributed by atoms with Gasteiger partial charge in [-0.05, 0) is 12.1 Å². The van der Waals surface area contributed by atoms with Gasteiger partial charge in [-0.25, -0.2) is 4.68 Å². The zero-order valence-electron chi connectivity index (χ0n) is 13.5. The highest BCUT2D eigenvalue weighted by atomic mass is 16.1. The normalized spacial score (nSPS) is 12.6. The van der Waals surface area contributed by atoms with Gasteiger partial charge in [-0.2, -0.15) is 0 Å². The van der Waals surface area contributed by atoms with E-state index in [1.165, 1.54) is 0 Å². The van der Waals surface area contributed by atoms with Crippen LogP contribution in [0.1, 0.15) is 26.3 Å². The Morgan fingerprint density at radius 2 is 1.65 bits per heavy atom. The van der Waals surface area contributed by atoms with Crippen LogP contribution in [0.25, 0.3) is 16.7 Å². The Bertz CT molecular complexity index is 870. The van der Waals surface area contributed by atoms with Gasteiger partial charge in [0.1, 0.15) is 5.52 Å². The molecular formula is C19H19N3O. The van der Waals surface area contributed by atoms with E-state index in [1.807, 2.05) is 75.4 Å². The molecule has 0 aliphatic rings. The Morgan fingerprint density at radius 1 is 1.00 bits per heavy atom. The summed E-state index contributed by atoms with van der Waals surface area (Å²) in [5, 5.41) is 8.45. The summed E-state index contributed by atoms with van der Waals surface area (Å²) in [5.41, 5.74) is 2.90. The number of fused-ring (bicyclic) bond motifs is 1. The number of hydrogen-bond acceptors (Lipinski definition) is 3. The lowest BCUT2D eigenvalue weighted by Gasteiger charge is -2.16. The molecule has 116 valence electrons. The van der Waals surface area contributed by atoms with Crippen LogP contribution < -0.4 is 0 Å². The third-order valence-corrected chi connectivity index (χ3v) is 3.66. The van der Waals surface area contributed by atoms with Gasteiger partial charge in [-0.15, -0.1) is 5.10 Å². The number of nitrogens with zero attached hydrogens (tertiary/aromatic N) is 3. The van der Waals surface area contributed by atoms with Crippen LogP contribution in [-0.2, 0) is 4.79 Å². The van der Waals surface area contributed by atoms with Crippen LogP contribution in [0.3, 0.4) is 0 Å². The van der Waals surface area contributed by atoms with Crippen molar-refractivity contribution in [2.24, 2.45) is 5.41 Å². The molecule has 1 aromatic heterocycles. The first-order valence-electron chi connectivity index (χ1n) is 7.59. The highest BCUT2D eigenvalue weighted by molar-refractivity contribution is 6.00. The van der Waals surface area contributed by atoms with E-state index in [4.69, 9.17) is 0 Å². The third-order valence-electron chi connectivity index (χ3n) is 3.66. The van der Waals surface area contributed by atoms with Gasteiger partial charge in [0.05, 0.1) is 11.2 Å². The first-order chi connectivity index (χ1) is 11.0. The summed E-state index contributed by atoms with van der Waals surface area (Å²) in [5.74, 6) is 0.0518. The Balaban J connectivity index is 2.21. The van der Waals surface area contributed by atoms with Crippen LogP contribution in [0.2, 0.25) is 0 Å². The Morgan fingerprint density at radius 3 is 2.35 bits per heavy atom. The van der Waals surface area contributed by atoms with Gasteiger partial charge in [-0.1, -0.05) is 68.4 Å². The van der Waals surface area contributed by atoms with E-state index in [0.29, 0.717) is 0 Å². The monoisotopic (exact) mass is 305 g/mol. The number of carbonyl (C=O) groups excluding carboxylic acids is 1. The lowest BCUT2D eigenvalue weighted by molar-refractivity contribution is -0.121. The highest BCUT2D eigenvalue weighted by Gasteiger charge is 2.21. The van der Waals surface area contributed by atoms with Crippen LogP contribution in [0.4, 0.5) is 0 Å². The van der Waals surface area contributed by atoms with Crippen molar-refractivity contribution in [3.05, 3.63) is 66.2 Å². The summed E-state index contributed by atoms with van der Waals surface area (Å²) in [6, 6.07) is 17.5. The zero-order valence-corrected chi connectivity index (χ0v) is 13.5. The van der Waals surface area contributed by atoms with E-state index < -0.39 is 5.41 Å². The number of benzene rings is 2. The van der Waals surface area contributed by atoms with E-state index in [2.05, 4.69) is 10.3 Å². The van der Waals surface area contributed by atoms with Crippen molar-refractivity contribution in [2.75, 3.05) is 0 Å². The molecule has 3 rings (SSSR count). The van der Waals surface area contributed by atoms with Crippen molar-refractivity contribution < 1.29 is 4.79 Å². The molecule has 0 bridgehead atoms. The first-order valence-corrected chi connectivity index (χ1v) is 7.59. The first kappa shape index (κ1) is 15.2. The fourth-order valence-corrected chi connectivity index (χ4v) is 2.26. The van der Waals surface area contributed by atoms with Gasteiger partial charge in [0.15, 0.2) is 5.78 Å². The smallest absolute Gasteiger partial charge is 0.163 e. The predicted molar refractivity (Wildman–Crippen MR) is 91.8 cm³/mol. The molecule has 1 heterocycles. The molecule has 0 unspecified atom stereocenters. The summed E-state index contributed by atoms with van der Waals surface area (Å²) in [6.45, 7) is 5.73. The van der Waals surface area contributed by atoms with Gasteiger partial charge in [0.2, 0.25) is 0 Å². The second-order valence-corrected chi connectivity index (χ2v) is 6.50. The number of para-hydroxylation sites is 1. The summed E-state index contributed by atoms with van der Waals surface area (Å²) in [6.07, 6.45) is 1.66. The minimum absolute atomic E-state index is 0.0518. The molecule has 0 amide bonds. The van der Waals surface area contributed by atoms with Crippen molar-refractivity contribution >= 4 is 22.5 Å². The summed E-state index contributed by atoms with van der Waals surface area (Å²) >= 11 is 0. The molecule has 0 radical (unpaired) electrons. The van der Waals surface area contributed by atoms with Gasteiger partial charge < -0.3 is 0 Å². The number of hydrogen-bond donors (Lipinski definition) is 0. The Kier molecular flexibility index (Phi) is 3.82. The lowest BCUT2D eigenvalue weighted by Crippen LogP contribution is -2.19. The molecule has 0 atom stereocenters. The van der Waals surface area contributed by atoms with Crippen molar-refractivity contribution in [1.82, 2.24) is 15.0 Å². The quantitative estimate of drug-likeness (QED) is 0.689. The Labute approximate surface area is 135 Å². The Hall–Kier alpha value is -2.75. The largest absolute Gasteiger partial charge is 0.294 e. The molecule has 0 spiro atoms. The maximum atomic E-state index is 12.5. The van der Waals surface area contributed by atoms with Crippen LogP contribution >= 0.6 is 0 Å². The van der Waals surface area contributed by atoms with E-state index in [1.54, 1.807) is 10.8 Å². The average molecular weight is 305 g/mol. The van der Waals surface area contributed by atoms with E-state index >= 15 is 0 Å². The molecule has 4 nitrogen and oxygen atoms in total. The third kappa shape index (κ3) is 3.06. The lowest BCUT2D eigenvalue weighted by atomic mass is 9.90. The molecule has 3 aromatic rings. The van der Waals surface area contributed by atoms with E-state index in [0.717, 1.165) is 22.3 Å². The van der Waals surface area contributed by atoms with E-state index in [-0.39, 0.29) is 5.78 Å². The SMILES string of the molecule is CC(C)(C)C(=O)/C=C(/c1ccccc1)n1nnc2ccccc21. The van der Waals surface area contributed by atoms with E-state index in [9.17, 15) is 4.79 Å². The number of aromatic nitrogens is 3. The summed E-state index contributed by atoms with van der Waals surface area (Å²) in [4.78, 5) is 12.5. The van der Waals surface area contributed by atoms with Crippen LogP contribution in [-0.4, -0.2) is 20.8 Å². The molecule has 23 heavy (non-hydrogen) atoms. The van der Waals surface area contributed by atoms with Crippen molar-refractivity contribution in [2.45, 2.75) is 20.8 Å².